The Morgan fingerprint density at radius 3 is 2.41 bits per heavy atom. The first-order valence-electron chi connectivity index (χ1n) is 5.36. The Kier molecular flexibility index (Phi) is 5.40. The summed E-state index contributed by atoms with van der Waals surface area (Å²) in [6.07, 6.45) is 1.19. The molecule has 0 amide bonds. The van der Waals surface area contributed by atoms with E-state index in [-0.39, 0.29) is 0 Å². The van der Waals surface area contributed by atoms with Crippen LogP contribution in [0.1, 0.15) is 0 Å². The molecule has 6 heteroatoms. The number of nitrogens with one attached hydrogen (secondary N) is 1. The van der Waals surface area contributed by atoms with Gasteiger partial charge in [0.05, 0.1) is 18.1 Å². The lowest BCUT2D eigenvalue weighted by Crippen LogP contribution is -2.14. The Morgan fingerprint density at radius 1 is 1.24 bits per heavy atom. The first-order chi connectivity index (χ1) is 8.04. The van der Waals surface area contributed by atoms with Crippen molar-refractivity contribution >= 4 is 15.5 Å². The van der Waals surface area contributed by atoms with Crippen LogP contribution in [0.2, 0.25) is 0 Å². The van der Waals surface area contributed by atoms with Gasteiger partial charge in [0.2, 0.25) is 0 Å². The number of rotatable bonds is 7. The minimum absolute atomic E-state index is 0.322. The third-order valence-electron chi connectivity index (χ3n) is 2.12. The Balaban J connectivity index is 2.41. The summed E-state index contributed by atoms with van der Waals surface area (Å²) in [5.74, 6) is 0. The first kappa shape index (κ1) is 14.0. The molecule has 0 unspecified atom stereocenters. The number of anilines is 1. The highest BCUT2D eigenvalue weighted by molar-refractivity contribution is 7.90. The third kappa shape index (κ3) is 5.16. The highest BCUT2D eigenvalue weighted by Crippen LogP contribution is 2.13. The number of hydrogen-bond donors (Lipinski definition) is 2. The molecule has 0 aromatic heterocycles. The second-order valence-corrected chi connectivity index (χ2v) is 5.64. The number of benzene rings is 1. The number of hydrogen-bond acceptors (Lipinski definition) is 5. The van der Waals surface area contributed by atoms with E-state index in [9.17, 15) is 8.42 Å². The summed E-state index contributed by atoms with van der Waals surface area (Å²) in [5.41, 5.74) is 6.15. The zero-order chi connectivity index (χ0) is 12.7. The lowest BCUT2D eigenvalue weighted by molar-refractivity contribution is 0.151. The molecule has 1 aromatic rings. The zero-order valence-electron chi connectivity index (χ0n) is 9.85. The van der Waals surface area contributed by atoms with E-state index < -0.39 is 9.84 Å². The minimum Gasteiger partial charge on any atom is -0.383 e. The molecule has 0 aliphatic carbocycles. The van der Waals surface area contributed by atoms with Gasteiger partial charge in [-0.1, -0.05) is 0 Å². The molecule has 0 aliphatic heterocycles. The predicted octanol–water partition coefficient (Wildman–Crippen LogP) is 0.477. The number of sulfone groups is 1. The van der Waals surface area contributed by atoms with Crippen LogP contribution in [-0.4, -0.2) is 41.0 Å². The van der Waals surface area contributed by atoms with Crippen molar-refractivity contribution in [3.8, 4) is 0 Å². The SMILES string of the molecule is CS(=O)(=O)c1ccc(NCCOCCN)cc1. The van der Waals surface area contributed by atoms with Crippen LogP contribution in [0, 0.1) is 0 Å². The van der Waals surface area contributed by atoms with E-state index in [1.54, 1.807) is 24.3 Å². The molecule has 3 N–H and O–H groups in total. The van der Waals surface area contributed by atoms with Crippen molar-refractivity contribution in [3.63, 3.8) is 0 Å². The lowest BCUT2D eigenvalue weighted by Gasteiger charge is -2.07. The second kappa shape index (κ2) is 6.58. The molecule has 0 radical (unpaired) electrons. The molecule has 0 fully saturated rings. The molecule has 96 valence electrons. The quantitative estimate of drug-likeness (QED) is 0.695. The molecule has 17 heavy (non-hydrogen) atoms. The summed E-state index contributed by atoms with van der Waals surface area (Å²) in [7, 11) is -3.12. The van der Waals surface area contributed by atoms with E-state index in [1.165, 1.54) is 6.26 Å². The maximum absolute atomic E-state index is 11.2. The van der Waals surface area contributed by atoms with Gasteiger partial charge >= 0.3 is 0 Å². The van der Waals surface area contributed by atoms with Crippen molar-refractivity contribution < 1.29 is 13.2 Å². The summed E-state index contributed by atoms with van der Waals surface area (Å²) in [4.78, 5) is 0.322. The first-order valence-corrected chi connectivity index (χ1v) is 7.25. The molecular formula is C11H18N2O3S. The maximum atomic E-state index is 11.2. The Hall–Kier alpha value is -1.11. The van der Waals surface area contributed by atoms with Crippen LogP contribution in [0.5, 0.6) is 0 Å². The van der Waals surface area contributed by atoms with Gasteiger partial charge in [-0.2, -0.15) is 0 Å². The molecule has 0 saturated carbocycles. The van der Waals surface area contributed by atoms with Crippen molar-refractivity contribution in [2.24, 2.45) is 5.73 Å². The highest BCUT2D eigenvalue weighted by Gasteiger charge is 2.05. The van der Waals surface area contributed by atoms with E-state index in [2.05, 4.69) is 5.32 Å². The van der Waals surface area contributed by atoms with E-state index >= 15 is 0 Å². The van der Waals surface area contributed by atoms with E-state index in [0.29, 0.717) is 31.2 Å². The standard InChI is InChI=1S/C11H18N2O3S/c1-17(14,15)11-4-2-10(3-5-11)13-7-9-16-8-6-12/h2-5,13H,6-9,12H2,1H3. The maximum Gasteiger partial charge on any atom is 0.175 e. The molecule has 0 heterocycles. The molecule has 5 nitrogen and oxygen atoms in total. The van der Waals surface area contributed by atoms with Crippen LogP contribution in [0.15, 0.2) is 29.2 Å². The van der Waals surface area contributed by atoms with Crippen LogP contribution >= 0.6 is 0 Å². The van der Waals surface area contributed by atoms with Gasteiger partial charge in [-0.05, 0) is 24.3 Å². The molecule has 0 aliphatic rings. The number of nitrogens with two attached hydrogens (primary N) is 1. The Bertz CT molecular complexity index is 429. The van der Waals surface area contributed by atoms with Crippen molar-refractivity contribution in [2.45, 2.75) is 4.90 Å². The van der Waals surface area contributed by atoms with Gasteiger partial charge in [0.15, 0.2) is 9.84 Å². The van der Waals surface area contributed by atoms with Gasteiger partial charge in [-0.3, -0.25) is 0 Å². The van der Waals surface area contributed by atoms with Gasteiger partial charge in [-0.25, -0.2) is 8.42 Å². The van der Waals surface area contributed by atoms with E-state index in [1.807, 2.05) is 0 Å². The van der Waals surface area contributed by atoms with Crippen LogP contribution in [0.3, 0.4) is 0 Å². The topological polar surface area (TPSA) is 81.4 Å². The summed E-state index contributed by atoms with van der Waals surface area (Å²) < 4.78 is 27.6. The van der Waals surface area contributed by atoms with Crippen LogP contribution < -0.4 is 11.1 Å². The molecule has 0 spiro atoms. The van der Waals surface area contributed by atoms with Gasteiger partial charge < -0.3 is 15.8 Å². The summed E-state index contributed by atoms with van der Waals surface area (Å²) in [6, 6.07) is 6.63. The number of ether oxygens (including phenoxy) is 1. The molecule has 0 atom stereocenters. The largest absolute Gasteiger partial charge is 0.383 e. The highest BCUT2D eigenvalue weighted by atomic mass is 32.2. The van der Waals surface area contributed by atoms with Crippen LogP contribution in [0.4, 0.5) is 5.69 Å². The second-order valence-electron chi connectivity index (χ2n) is 3.62. The van der Waals surface area contributed by atoms with Gasteiger partial charge in [0.25, 0.3) is 0 Å². The van der Waals surface area contributed by atoms with Crippen LogP contribution in [0.25, 0.3) is 0 Å². The van der Waals surface area contributed by atoms with Gasteiger partial charge in [0, 0.05) is 25.0 Å². The summed E-state index contributed by atoms with van der Waals surface area (Å²) in [6.45, 7) is 2.31. The normalized spacial score (nSPS) is 11.4. The molecule has 1 aromatic carbocycles. The van der Waals surface area contributed by atoms with Crippen molar-refractivity contribution in [1.82, 2.24) is 0 Å². The molecule has 0 saturated heterocycles. The van der Waals surface area contributed by atoms with Crippen molar-refractivity contribution in [3.05, 3.63) is 24.3 Å². The molecule has 1 rings (SSSR count). The fourth-order valence-electron chi connectivity index (χ4n) is 1.27. The fraction of sp³-hybridized carbons (Fsp3) is 0.455. The zero-order valence-corrected chi connectivity index (χ0v) is 10.7. The Morgan fingerprint density at radius 2 is 1.88 bits per heavy atom. The minimum atomic E-state index is -3.12. The van der Waals surface area contributed by atoms with Crippen molar-refractivity contribution in [1.29, 1.82) is 0 Å². The van der Waals surface area contributed by atoms with Gasteiger partial charge in [-0.15, -0.1) is 0 Å². The summed E-state index contributed by atoms with van der Waals surface area (Å²) >= 11 is 0. The molecule has 0 bridgehead atoms. The third-order valence-corrected chi connectivity index (χ3v) is 3.25. The van der Waals surface area contributed by atoms with Gasteiger partial charge in [0.1, 0.15) is 0 Å². The average Bonchev–Trinajstić information content (AvgIpc) is 2.28. The average molecular weight is 258 g/mol. The van der Waals surface area contributed by atoms with E-state index in [4.69, 9.17) is 10.5 Å². The fourth-order valence-corrected chi connectivity index (χ4v) is 1.90. The monoisotopic (exact) mass is 258 g/mol. The Labute approximate surface area is 102 Å². The molecular weight excluding hydrogens is 240 g/mol. The smallest absolute Gasteiger partial charge is 0.175 e. The summed E-state index contributed by atoms with van der Waals surface area (Å²) in [5, 5.41) is 3.12. The van der Waals surface area contributed by atoms with E-state index in [0.717, 1.165) is 5.69 Å². The lowest BCUT2D eigenvalue weighted by atomic mass is 10.3. The van der Waals surface area contributed by atoms with Crippen molar-refractivity contribution in [2.75, 3.05) is 37.9 Å². The predicted molar refractivity (Wildman–Crippen MR) is 67.9 cm³/mol. The van der Waals surface area contributed by atoms with Crippen LogP contribution in [-0.2, 0) is 14.6 Å².